The summed E-state index contributed by atoms with van der Waals surface area (Å²) in [5.74, 6) is -3.84. The normalized spacial score (nSPS) is 20.2. The Morgan fingerprint density at radius 3 is 2.17 bits per heavy atom. The molecule has 0 bridgehead atoms. The first kappa shape index (κ1) is 21.6. The molecular formula is C22H20ClF5O. The molecule has 0 radical (unpaired) electrons. The lowest BCUT2D eigenvalue weighted by Gasteiger charge is -2.23. The monoisotopic (exact) mass is 430 g/mol. The predicted molar refractivity (Wildman–Crippen MR) is 102 cm³/mol. The topological polar surface area (TPSA) is 9.23 Å². The van der Waals surface area contributed by atoms with Gasteiger partial charge in [0, 0.05) is 0 Å². The second-order valence-corrected chi connectivity index (χ2v) is 7.85. The summed E-state index contributed by atoms with van der Waals surface area (Å²) in [5.41, 5.74) is -0.694. The predicted octanol–water partition coefficient (Wildman–Crippen LogP) is 7.73. The highest BCUT2D eigenvalue weighted by Crippen LogP contribution is 2.36. The summed E-state index contributed by atoms with van der Waals surface area (Å²) < 4.78 is 74.8. The molecule has 0 saturated heterocycles. The van der Waals surface area contributed by atoms with Crippen LogP contribution in [0.15, 0.2) is 36.4 Å². The molecule has 29 heavy (non-hydrogen) atoms. The summed E-state index contributed by atoms with van der Waals surface area (Å²) in [4.78, 5) is 0. The van der Waals surface area contributed by atoms with Gasteiger partial charge in [-0.05, 0) is 60.6 Å². The van der Waals surface area contributed by atoms with Crippen molar-refractivity contribution in [3.63, 3.8) is 0 Å². The van der Waals surface area contributed by atoms with Crippen LogP contribution >= 0.6 is 11.6 Å². The van der Waals surface area contributed by atoms with Crippen LogP contribution in [0, 0.1) is 29.3 Å². The quantitative estimate of drug-likeness (QED) is 0.441. The molecule has 0 N–H and O–H groups in total. The average molecular weight is 431 g/mol. The molecule has 2 aromatic carbocycles. The lowest BCUT2D eigenvalue weighted by atomic mass is 9.83. The van der Waals surface area contributed by atoms with E-state index in [1.54, 1.807) is 6.08 Å². The minimum absolute atomic E-state index is 0.215. The first-order chi connectivity index (χ1) is 13.7. The van der Waals surface area contributed by atoms with E-state index < -0.39 is 34.9 Å². The van der Waals surface area contributed by atoms with Crippen molar-refractivity contribution in [3.05, 3.63) is 70.0 Å². The molecule has 1 fully saturated rings. The van der Waals surface area contributed by atoms with E-state index in [4.69, 9.17) is 11.6 Å². The highest BCUT2D eigenvalue weighted by atomic mass is 35.5. The zero-order valence-electron chi connectivity index (χ0n) is 15.7. The second-order valence-electron chi connectivity index (χ2n) is 7.44. The zero-order chi connectivity index (χ0) is 21.2. The number of halogens is 6. The van der Waals surface area contributed by atoms with Crippen molar-refractivity contribution in [2.75, 3.05) is 0 Å². The highest BCUT2D eigenvalue weighted by Gasteiger charge is 2.37. The Morgan fingerprint density at radius 2 is 1.59 bits per heavy atom. The largest absolute Gasteiger partial charge is 0.427 e. The van der Waals surface area contributed by atoms with E-state index >= 15 is 0 Å². The molecule has 0 aromatic heterocycles. The first-order valence-electron chi connectivity index (χ1n) is 9.35. The lowest BCUT2D eigenvalue weighted by molar-refractivity contribution is -0.188. The summed E-state index contributed by atoms with van der Waals surface area (Å²) in [5, 5.41) is -0.356. The number of benzene rings is 2. The molecule has 3 rings (SSSR count). The van der Waals surface area contributed by atoms with Gasteiger partial charge in [-0.15, -0.1) is 0 Å². The van der Waals surface area contributed by atoms with E-state index in [1.165, 1.54) is 0 Å². The Hall–Kier alpha value is -2.08. The van der Waals surface area contributed by atoms with Gasteiger partial charge in [-0.2, -0.15) is 8.78 Å². The third kappa shape index (κ3) is 5.30. The Kier molecular flexibility index (Phi) is 6.52. The summed E-state index contributed by atoms with van der Waals surface area (Å²) in [6.07, 6.45) is 3.55. The summed E-state index contributed by atoms with van der Waals surface area (Å²) in [6.45, 7) is 2.19. The molecule has 0 unspecified atom stereocenters. The van der Waals surface area contributed by atoms with Crippen molar-refractivity contribution in [1.82, 2.24) is 0 Å². The van der Waals surface area contributed by atoms with Crippen molar-refractivity contribution in [3.8, 4) is 5.75 Å². The van der Waals surface area contributed by atoms with Crippen molar-refractivity contribution in [2.24, 2.45) is 11.8 Å². The summed E-state index contributed by atoms with van der Waals surface area (Å²) in [6, 6.07) is 4.05. The number of alkyl halides is 2. The van der Waals surface area contributed by atoms with Crippen LogP contribution in [0.1, 0.15) is 43.7 Å². The van der Waals surface area contributed by atoms with E-state index in [2.05, 4.69) is 11.7 Å². The highest BCUT2D eigenvalue weighted by molar-refractivity contribution is 6.30. The smallest absolute Gasteiger partial charge is 0.423 e. The molecule has 2 aromatic rings. The van der Waals surface area contributed by atoms with Gasteiger partial charge in [0.25, 0.3) is 0 Å². The molecule has 1 nitrogen and oxygen atoms in total. The Bertz CT molecular complexity index is 881. The zero-order valence-corrected chi connectivity index (χ0v) is 16.5. The van der Waals surface area contributed by atoms with E-state index in [9.17, 15) is 22.0 Å². The van der Waals surface area contributed by atoms with Gasteiger partial charge < -0.3 is 4.74 Å². The maximum absolute atomic E-state index is 14.3. The third-order valence-electron chi connectivity index (χ3n) is 5.13. The standard InChI is InChI=1S/C22H20ClF5O/c1-13-2-4-14(5-3-13)6-7-15-10-19(25)21(20(26)11-15)29-22(27,28)16-8-9-17(23)18(24)12-16/h6-14H,2-5H2,1H3/b7-6+. The Labute approximate surface area is 171 Å². The van der Waals surface area contributed by atoms with Gasteiger partial charge in [0.05, 0.1) is 10.6 Å². The fourth-order valence-corrected chi connectivity index (χ4v) is 3.48. The van der Waals surface area contributed by atoms with Gasteiger partial charge in [0.2, 0.25) is 0 Å². The minimum atomic E-state index is -4.15. The van der Waals surface area contributed by atoms with Crippen molar-refractivity contribution in [1.29, 1.82) is 0 Å². The fraction of sp³-hybridized carbons (Fsp3) is 0.364. The van der Waals surface area contributed by atoms with Gasteiger partial charge in [-0.3, -0.25) is 0 Å². The van der Waals surface area contributed by atoms with Crippen molar-refractivity contribution < 1.29 is 26.7 Å². The van der Waals surface area contributed by atoms with Crippen LogP contribution in [0.4, 0.5) is 22.0 Å². The lowest BCUT2D eigenvalue weighted by Crippen LogP contribution is -2.23. The maximum Gasteiger partial charge on any atom is 0.427 e. The Balaban J connectivity index is 1.77. The molecule has 0 spiro atoms. The molecule has 0 aliphatic heterocycles. The van der Waals surface area contributed by atoms with Crippen LogP contribution in [-0.2, 0) is 6.11 Å². The summed E-state index contributed by atoms with van der Waals surface area (Å²) >= 11 is 5.46. The third-order valence-corrected chi connectivity index (χ3v) is 5.43. The number of hydrogen-bond acceptors (Lipinski definition) is 1. The molecule has 1 aliphatic carbocycles. The molecule has 1 aliphatic rings. The Morgan fingerprint density at radius 1 is 0.966 bits per heavy atom. The molecule has 1 saturated carbocycles. The van der Waals surface area contributed by atoms with Crippen molar-refractivity contribution in [2.45, 2.75) is 38.7 Å². The first-order valence-corrected chi connectivity index (χ1v) is 9.73. The number of hydrogen-bond donors (Lipinski definition) is 0. The van der Waals surface area contributed by atoms with Gasteiger partial charge in [-0.1, -0.05) is 43.5 Å². The van der Waals surface area contributed by atoms with Crippen LogP contribution in [0.25, 0.3) is 6.08 Å². The maximum atomic E-state index is 14.3. The summed E-state index contributed by atoms with van der Waals surface area (Å²) in [7, 11) is 0. The van der Waals surface area contributed by atoms with Gasteiger partial charge >= 0.3 is 6.11 Å². The van der Waals surface area contributed by atoms with Gasteiger partial charge in [0.15, 0.2) is 17.4 Å². The van der Waals surface area contributed by atoms with Gasteiger partial charge in [0.1, 0.15) is 5.82 Å². The number of allylic oxidation sites excluding steroid dienone is 1. The van der Waals surface area contributed by atoms with E-state index in [1.807, 2.05) is 6.08 Å². The van der Waals surface area contributed by atoms with Crippen LogP contribution in [0.2, 0.25) is 5.02 Å². The molecular weight excluding hydrogens is 411 g/mol. The second kappa shape index (κ2) is 8.74. The van der Waals surface area contributed by atoms with Crippen molar-refractivity contribution >= 4 is 17.7 Å². The average Bonchev–Trinajstić information content (AvgIpc) is 2.66. The number of rotatable bonds is 5. The fourth-order valence-electron chi connectivity index (χ4n) is 3.36. The van der Waals surface area contributed by atoms with Crippen LogP contribution in [-0.4, -0.2) is 0 Å². The molecule has 0 heterocycles. The van der Waals surface area contributed by atoms with Gasteiger partial charge in [-0.25, -0.2) is 13.2 Å². The number of ether oxygens (including phenoxy) is 1. The van der Waals surface area contributed by atoms with Crippen LogP contribution < -0.4 is 4.74 Å². The molecule has 0 amide bonds. The van der Waals surface area contributed by atoms with E-state index in [0.29, 0.717) is 17.9 Å². The molecule has 7 heteroatoms. The van der Waals surface area contributed by atoms with Crippen LogP contribution in [0.5, 0.6) is 5.75 Å². The van der Waals surface area contributed by atoms with E-state index in [0.717, 1.165) is 49.9 Å². The molecule has 156 valence electrons. The SMILES string of the molecule is CC1CCC(/C=C/c2cc(F)c(OC(F)(F)c3ccc(Cl)c(F)c3)c(F)c2)CC1. The van der Waals surface area contributed by atoms with E-state index in [-0.39, 0.29) is 10.6 Å². The van der Waals surface area contributed by atoms with Crippen LogP contribution in [0.3, 0.4) is 0 Å². The minimum Gasteiger partial charge on any atom is -0.423 e. The molecule has 0 atom stereocenters.